The first-order valence-electron chi connectivity index (χ1n) is 6.16. The van der Waals surface area contributed by atoms with Crippen LogP contribution in [-0.4, -0.2) is 41.1 Å². The fraction of sp³-hybridized carbons (Fsp3) is 0.833. The molecule has 1 aliphatic heterocycles. The smallest absolute Gasteiger partial charge is 0.389 e. The minimum atomic E-state index is -4.36. The van der Waals surface area contributed by atoms with Gasteiger partial charge in [-0.3, -0.25) is 9.59 Å². The summed E-state index contributed by atoms with van der Waals surface area (Å²) in [6, 6.07) is 0. The van der Waals surface area contributed by atoms with Gasteiger partial charge >= 0.3 is 12.1 Å². The molecule has 0 aromatic rings. The van der Waals surface area contributed by atoms with Crippen LogP contribution in [0.4, 0.5) is 13.2 Å². The van der Waals surface area contributed by atoms with E-state index in [4.69, 9.17) is 0 Å². The molecule has 7 heteroatoms. The van der Waals surface area contributed by atoms with E-state index in [1.54, 1.807) is 13.8 Å². The monoisotopic (exact) mass is 281 g/mol. The summed E-state index contributed by atoms with van der Waals surface area (Å²) in [5, 5.41) is 9.27. The highest BCUT2D eigenvalue weighted by Crippen LogP contribution is 2.38. The van der Waals surface area contributed by atoms with Crippen molar-refractivity contribution in [2.45, 2.75) is 39.3 Å². The van der Waals surface area contributed by atoms with Gasteiger partial charge in [0.1, 0.15) is 0 Å². The van der Waals surface area contributed by atoms with E-state index in [1.165, 1.54) is 4.90 Å². The van der Waals surface area contributed by atoms with Crippen molar-refractivity contribution in [2.75, 3.05) is 13.1 Å². The number of carbonyl (C=O) groups is 2. The second-order valence-corrected chi connectivity index (χ2v) is 5.30. The molecule has 1 heterocycles. The van der Waals surface area contributed by atoms with Crippen molar-refractivity contribution >= 4 is 11.9 Å². The van der Waals surface area contributed by atoms with Crippen LogP contribution in [0.1, 0.15) is 33.1 Å². The van der Waals surface area contributed by atoms with Gasteiger partial charge in [0.2, 0.25) is 5.91 Å². The first-order chi connectivity index (χ1) is 8.58. The van der Waals surface area contributed by atoms with E-state index in [2.05, 4.69) is 0 Å². The number of amides is 1. The second-order valence-electron chi connectivity index (χ2n) is 5.30. The van der Waals surface area contributed by atoms with Gasteiger partial charge in [0, 0.05) is 19.5 Å². The van der Waals surface area contributed by atoms with E-state index >= 15 is 0 Å². The summed E-state index contributed by atoms with van der Waals surface area (Å²) < 4.78 is 36.1. The predicted molar refractivity (Wildman–Crippen MR) is 61.4 cm³/mol. The third-order valence-electron chi connectivity index (χ3n) is 3.81. The summed E-state index contributed by atoms with van der Waals surface area (Å²) in [7, 11) is 0. The molecule has 0 aliphatic carbocycles. The number of nitrogens with zero attached hydrogens (tertiary/aromatic N) is 1. The molecule has 1 saturated heterocycles. The maximum absolute atomic E-state index is 12.0. The van der Waals surface area contributed by atoms with Crippen molar-refractivity contribution in [2.24, 2.45) is 11.3 Å². The zero-order valence-corrected chi connectivity index (χ0v) is 11.0. The zero-order valence-electron chi connectivity index (χ0n) is 11.0. The van der Waals surface area contributed by atoms with Crippen LogP contribution < -0.4 is 0 Å². The van der Waals surface area contributed by atoms with Crippen LogP contribution in [0.3, 0.4) is 0 Å². The molecule has 19 heavy (non-hydrogen) atoms. The standard InChI is InChI=1S/C12H18F3NO3/c1-8(2)11(10(18)19)5-6-16(7-11)9(17)3-4-12(13,14)15/h8H,3-7H2,1-2H3,(H,18,19). The topological polar surface area (TPSA) is 57.6 Å². The van der Waals surface area contributed by atoms with E-state index in [9.17, 15) is 27.9 Å². The summed E-state index contributed by atoms with van der Waals surface area (Å²) in [6.45, 7) is 3.70. The number of likely N-dealkylation sites (tertiary alicyclic amines) is 1. The van der Waals surface area contributed by atoms with Crippen LogP contribution in [0, 0.1) is 11.3 Å². The Hall–Kier alpha value is -1.27. The van der Waals surface area contributed by atoms with E-state index in [0.717, 1.165) is 0 Å². The molecule has 1 atom stereocenters. The number of hydrogen-bond acceptors (Lipinski definition) is 2. The largest absolute Gasteiger partial charge is 0.481 e. The lowest BCUT2D eigenvalue weighted by molar-refractivity contribution is -0.153. The minimum absolute atomic E-state index is 0.00328. The lowest BCUT2D eigenvalue weighted by Crippen LogP contribution is -2.40. The first-order valence-corrected chi connectivity index (χ1v) is 6.16. The van der Waals surface area contributed by atoms with Gasteiger partial charge in [0.05, 0.1) is 11.8 Å². The molecule has 1 rings (SSSR count). The summed E-state index contributed by atoms with van der Waals surface area (Å²) in [4.78, 5) is 24.2. The fourth-order valence-corrected chi connectivity index (χ4v) is 2.35. The van der Waals surface area contributed by atoms with Crippen molar-refractivity contribution in [3.63, 3.8) is 0 Å². The normalized spacial score (nSPS) is 24.0. The molecule has 0 aromatic carbocycles. The third kappa shape index (κ3) is 3.61. The van der Waals surface area contributed by atoms with Crippen LogP contribution >= 0.6 is 0 Å². The number of carboxylic acid groups (broad SMARTS) is 1. The average molecular weight is 281 g/mol. The van der Waals surface area contributed by atoms with Crippen LogP contribution in [0.15, 0.2) is 0 Å². The lowest BCUT2D eigenvalue weighted by atomic mass is 9.76. The van der Waals surface area contributed by atoms with Gasteiger partial charge in [-0.15, -0.1) is 0 Å². The number of rotatable bonds is 4. The average Bonchev–Trinajstić information content (AvgIpc) is 2.70. The maximum atomic E-state index is 12.0. The van der Waals surface area contributed by atoms with Crippen LogP contribution in [-0.2, 0) is 9.59 Å². The summed E-state index contributed by atoms with van der Waals surface area (Å²) >= 11 is 0. The number of alkyl halides is 3. The van der Waals surface area contributed by atoms with Gasteiger partial charge in [0.15, 0.2) is 0 Å². The van der Waals surface area contributed by atoms with Gasteiger partial charge < -0.3 is 10.0 Å². The Balaban J connectivity index is 2.65. The van der Waals surface area contributed by atoms with Gasteiger partial charge in [0.25, 0.3) is 0 Å². The highest BCUT2D eigenvalue weighted by atomic mass is 19.4. The number of carbonyl (C=O) groups excluding carboxylic acids is 1. The Morgan fingerprint density at radius 1 is 1.37 bits per heavy atom. The van der Waals surface area contributed by atoms with Crippen LogP contribution in [0.2, 0.25) is 0 Å². The molecule has 110 valence electrons. The van der Waals surface area contributed by atoms with Crippen molar-refractivity contribution in [1.29, 1.82) is 0 Å². The lowest BCUT2D eigenvalue weighted by Gasteiger charge is -2.28. The highest BCUT2D eigenvalue weighted by molar-refractivity contribution is 5.80. The molecule has 0 saturated carbocycles. The number of hydrogen-bond donors (Lipinski definition) is 1. The Labute approximate surface area is 109 Å². The molecule has 1 aliphatic rings. The van der Waals surface area contributed by atoms with Gasteiger partial charge in [-0.1, -0.05) is 13.8 Å². The quantitative estimate of drug-likeness (QED) is 0.860. The van der Waals surface area contributed by atoms with Crippen LogP contribution in [0.25, 0.3) is 0 Å². The van der Waals surface area contributed by atoms with E-state index in [0.29, 0.717) is 0 Å². The minimum Gasteiger partial charge on any atom is -0.481 e. The molecule has 4 nitrogen and oxygen atoms in total. The molecule has 0 aromatic heterocycles. The van der Waals surface area contributed by atoms with Gasteiger partial charge in [-0.2, -0.15) is 13.2 Å². The Morgan fingerprint density at radius 3 is 2.32 bits per heavy atom. The van der Waals surface area contributed by atoms with Gasteiger partial charge in [-0.05, 0) is 12.3 Å². The Morgan fingerprint density at radius 2 is 1.95 bits per heavy atom. The first kappa shape index (κ1) is 15.8. The Bertz CT molecular complexity index is 368. The zero-order chi connectivity index (χ0) is 14.8. The summed E-state index contributed by atoms with van der Waals surface area (Å²) in [5.74, 6) is -1.79. The fourth-order valence-electron chi connectivity index (χ4n) is 2.35. The van der Waals surface area contributed by atoms with Crippen molar-refractivity contribution < 1.29 is 27.9 Å². The molecule has 1 amide bonds. The van der Waals surface area contributed by atoms with Crippen molar-refractivity contribution in [1.82, 2.24) is 4.90 Å². The highest BCUT2D eigenvalue weighted by Gasteiger charge is 2.48. The molecule has 0 bridgehead atoms. The molecular formula is C12H18F3NO3. The maximum Gasteiger partial charge on any atom is 0.389 e. The van der Waals surface area contributed by atoms with Crippen molar-refractivity contribution in [3.8, 4) is 0 Å². The predicted octanol–water partition coefficient (Wildman–Crippen LogP) is 2.29. The number of halogens is 3. The number of carboxylic acids is 1. The molecule has 1 N–H and O–H groups in total. The molecule has 0 radical (unpaired) electrons. The van der Waals surface area contributed by atoms with Crippen LogP contribution in [0.5, 0.6) is 0 Å². The Kier molecular flexibility index (Phi) is 4.47. The van der Waals surface area contributed by atoms with Crippen molar-refractivity contribution in [3.05, 3.63) is 0 Å². The molecule has 1 fully saturated rings. The van der Waals surface area contributed by atoms with E-state index in [1.807, 2.05) is 0 Å². The van der Waals surface area contributed by atoms with E-state index < -0.39 is 36.3 Å². The molecule has 0 spiro atoms. The summed E-state index contributed by atoms with van der Waals surface area (Å²) in [5.41, 5.74) is -1.03. The summed E-state index contributed by atoms with van der Waals surface area (Å²) in [6.07, 6.45) is -5.85. The SMILES string of the molecule is CC(C)C1(C(=O)O)CCN(C(=O)CCC(F)(F)F)C1. The van der Waals surface area contributed by atoms with E-state index in [-0.39, 0.29) is 25.4 Å². The number of aliphatic carboxylic acids is 1. The van der Waals surface area contributed by atoms with Gasteiger partial charge in [-0.25, -0.2) is 0 Å². The second kappa shape index (κ2) is 5.38. The third-order valence-corrected chi connectivity index (χ3v) is 3.81. The molecule has 1 unspecified atom stereocenters. The molecular weight excluding hydrogens is 263 g/mol.